The zero-order valence-electron chi connectivity index (χ0n) is 11.0. The Kier molecular flexibility index (Phi) is 5.42. The quantitative estimate of drug-likeness (QED) is 0.875. The number of benzene rings is 2. The summed E-state index contributed by atoms with van der Waals surface area (Å²) in [6, 6.07) is 10.9. The van der Waals surface area contributed by atoms with Gasteiger partial charge in [-0.25, -0.2) is 4.39 Å². The molecule has 0 saturated heterocycles. The monoisotopic (exact) mass is 326 g/mol. The van der Waals surface area contributed by atoms with Crippen molar-refractivity contribution in [2.75, 3.05) is 11.9 Å². The molecule has 0 radical (unpaired) electrons. The molecule has 1 amide bonds. The van der Waals surface area contributed by atoms with E-state index in [1.165, 1.54) is 12.1 Å². The van der Waals surface area contributed by atoms with E-state index in [1.54, 1.807) is 30.3 Å². The maximum atomic E-state index is 12.7. The van der Waals surface area contributed by atoms with Crippen LogP contribution in [0.15, 0.2) is 42.5 Å². The second-order valence-corrected chi connectivity index (χ2v) is 5.22. The van der Waals surface area contributed by atoms with Crippen LogP contribution in [-0.4, -0.2) is 12.5 Å². The van der Waals surface area contributed by atoms with E-state index in [4.69, 9.17) is 23.2 Å². The summed E-state index contributed by atoms with van der Waals surface area (Å²) in [4.78, 5) is 11.7. The molecule has 0 aliphatic carbocycles. The maximum Gasteiger partial charge on any atom is 0.239 e. The van der Waals surface area contributed by atoms with Gasteiger partial charge in [0.25, 0.3) is 0 Å². The summed E-state index contributed by atoms with van der Waals surface area (Å²) in [6.07, 6.45) is 0. The molecule has 0 fully saturated rings. The third-order valence-electron chi connectivity index (χ3n) is 2.77. The van der Waals surface area contributed by atoms with E-state index in [1.807, 2.05) is 0 Å². The fourth-order valence-electron chi connectivity index (χ4n) is 1.67. The highest BCUT2D eigenvalue weighted by atomic mass is 35.5. The first-order valence-corrected chi connectivity index (χ1v) is 7.00. The molecule has 21 heavy (non-hydrogen) atoms. The van der Waals surface area contributed by atoms with Crippen LogP contribution in [0, 0.1) is 5.82 Å². The van der Waals surface area contributed by atoms with Gasteiger partial charge in [-0.3, -0.25) is 4.79 Å². The van der Waals surface area contributed by atoms with Crippen molar-refractivity contribution in [3.8, 4) is 0 Å². The van der Waals surface area contributed by atoms with Crippen LogP contribution in [0.3, 0.4) is 0 Å². The molecule has 6 heteroatoms. The van der Waals surface area contributed by atoms with Gasteiger partial charge in [-0.15, -0.1) is 0 Å². The second kappa shape index (κ2) is 7.29. The molecule has 0 heterocycles. The van der Waals surface area contributed by atoms with Gasteiger partial charge in [-0.05, 0) is 35.9 Å². The lowest BCUT2D eigenvalue weighted by Gasteiger charge is -2.09. The molecule has 110 valence electrons. The van der Waals surface area contributed by atoms with E-state index < -0.39 is 0 Å². The van der Waals surface area contributed by atoms with Crippen molar-refractivity contribution in [1.29, 1.82) is 0 Å². The number of carbonyl (C=O) groups excluding carboxylic acids is 1. The molecule has 0 atom stereocenters. The van der Waals surface area contributed by atoms with Crippen LogP contribution in [0.25, 0.3) is 0 Å². The lowest BCUT2D eigenvalue weighted by molar-refractivity contribution is -0.119. The van der Waals surface area contributed by atoms with Crippen molar-refractivity contribution in [2.45, 2.75) is 6.54 Å². The summed E-state index contributed by atoms with van der Waals surface area (Å²) in [7, 11) is 0. The molecule has 0 aliphatic heterocycles. The number of halogens is 3. The van der Waals surface area contributed by atoms with Gasteiger partial charge in [0, 0.05) is 11.6 Å². The number of carbonyl (C=O) groups is 1. The standard InChI is InChI=1S/C15H13Cl2FN2O/c16-11-3-6-13(17)14(7-11)19-9-15(21)20-8-10-1-4-12(18)5-2-10/h1-7,19H,8-9H2,(H,20,21). The van der Waals surface area contributed by atoms with Crippen molar-refractivity contribution < 1.29 is 9.18 Å². The number of amides is 1. The Morgan fingerprint density at radius 1 is 1.10 bits per heavy atom. The molecule has 2 rings (SSSR count). The van der Waals surface area contributed by atoms with Gasteiger partial charge in [0.05, 0.1) is 17.3 Å². The van der Waals surface area contributed by atoms with Crippen molar-refractivity contribution in [3.05, 3.63) is 63.9 Å². The van der Waals surface area contributed by atoms with Crippen LogP contribution < -0.4 is 10.6 Å². The average Bonchev–Trinajstić information content (AvgIpc) is 2.47. The van der Waals surface area contributed by atoms with Crippen molar-refractivity contribution in [3.63, 3.8) is 0 Å². The van der Waals surface area contributed by atoms with Crippen LogP contribution in [0.1, 0.15) is 5.56 Å². The largest absolute Gasteiger partial charge is 0.375 e. The van der Waals surface area contributed by atoms with Gasteiger partial charge < -0.3 is 10.6 Å². The fraction of sp³-hybridized carbons (Fsp3) is 0.133. The molecule has 2 aromatic carbocycles. The molecular weight excluding hydrogens is 314 g/mol. The lowest BCUT2D eigenvalue weighted by Crippen LogP contribution is -2.29. The van der Waals surface area contributed by atoms with Gasteiger partial charge in [0.1, 0.15) is 5.82 Å². The number of rotatable bonds is 5. The van der Waals surface area contributed by atoms with Gasteiger partial charge in [-0.1, -0.05) is 35.3 Å². The SMILES string of the molecule is O=C(CNc1cc(Cl)ccc1Cl)NCc1ccc(F)cc1. The van der Waals surface area contributed by atoms with E-state index in [9.17, 15) is 9.18 Å². The summed E-state index contributed by atoms with van der Waals surface area (Å²) in [5.41, 5.74) is 1.42. The van der Waals surface area contributed by atoms with Crippen LogP contribution >= 0.6 is 23.2 Å². The molecule has 3 nitrogen and oxygen atoms in total. The first kappa shape index (κ1) is 15.6. The third kappa shape index (κ3) is 4.92. The van der Waals surface area contributed by atoms with Crippen LogP contribution in [-0.2, 0) is 11.3 Å². The number of nitrogens with one attached hydrogen (secondary N) is 2. The lowest BCUT2D eigenvalue weighted by atomic mass is 10.2. The molecule has 0 aliphatic rings. The van der Waals surface area contributed by atoms with E-state index in [-0.39, 0.29) is 18.3 Å². The van der Waals surface area contributed by atoms with Gasteiger partial charge in [0.15, 0.2) is 0 Å². The Morgan fingerprint density at radius 2 is 1.81 bits per heavy atom. The van der Waals surface area contributed by atoms with Gasteiger partial charge >= 0.3 is 0 Å². The van der Waals surface area contributed by atoms with Gasteiger partial charge in [0.2, 0.25) is 5.91 Å². The molecule has 0 spiro atoms. The predicted molar refractivity (Wildman–Crippen MR) is 83.2 cm³/mol. The number of anilines is 1. The van der Waals surface area contributed by atoms with Crippen LogP contribution in [0.2, 0.25) is 10.0 Å². The Morgan fingerprint density at radius 3 is 2.52 bits per heavy atom. The minimum Gasteiger partial charge on any atom is -0.375 e. The number of hydrogen-bond acceptors (Lipinski definition) is 2. The molecule has 2 N–H and O–H groups in total. The van der Waals surface area contributed by atoms with Crippen molar-refractivity contribution in [1.82, 2.24) is 5.32 Å². The first-order chi connectivity index (χ1) is 10.0. The number of hydrogen-bond donors (Lipinski definition) is 2. The summed E-state index contributed by atoms with van der Waals surface area (Å²) < 4.78 is 12.7. The predicted octanol–water partition coefficient (Wildman–Crippen LogP) is 3.86. The van der Waals surface area contributed by atoms with Crippen LogP contribution in [0.4, 0.5) is 10.1 Å². The van der Waals surface area contributed by atoms with E-state index >= 15 is 0 Å². The van der Waals surface area contributed by atoms with E-state index in [2.05, 4.69) is 10.6 Å². The summed E-state index contributed by atoms with van der Waals surface area (Å²) in [6.45, 7) is 0.408. The smallest absolute Gasteiger partial charge is 0.239 e. The Bertz CT molecular complexity index is 632. The summed E-state index contributed by atoms with van der Waals surface area (Å²) in [5, 5.41) is 6.66. The normalized spacial score (nSPS) is 10.2. The Hall–Kier alpha value is -1.78. The summed E-state index contributed by atoms with van der Waals surface area (Å²) >= 11 is 11.8. The highest BCUT2D eigenvalue weighted by molar-refractivity contribution is 6.35. The second-order valence-electron chi connectivity index (χ2n) is 4.38. The van der Waals surface area contributed by atoms with Gasteiger partial charge in [-0.2, -0.15) is 0 Å². The van der Waals surface area contributed by atoms with Crippen molar-refractivity contribution in [2.24, 2.45) is 0 Å². The molecule has 0 aromatic heterocycles. The van der Waals surface area contributed by atoms with Crippen LogP contribution in [0.5, 0.6) is 0 Å². The maximum absolute atomic E-state index is 12.7. The molecular formula is C15H13Cl2FN2O. The van der Waals surface area contributed by atoms with E-state index in [0.29, 0.717) is 22.3 Å². The Balaban J connectivity index is 1.82. The zero-order chi connectivity index (χ0) is 15.2. The minimum atomic E-state index is -0.303. The minimum absolute atomic E-state index is 0.0707. The topological polar surface area (TPSA) is 41.1 Å². The highest BCUT2D eigenvalue weighted by Crippen LogP contribution is 2.24. The zero-order valence-corrected chi connectivity index (χ0v) is 12.5. The average molecular weight is 327 g/mol. The summed E-state index contributed by atoms with van der Waals surface area (Å²) in [5.74, 6) is -0.502. The molecule has 2 aromatic rings. The highest BCUT2D eigenvalue weighted by Gasteiger charge is 2.05. The third-order valence-corrected chi connectivity index (χ3v) is 3.34. The molecule has 0 saturated carbocycles. The first-order valence-electron chi connectivity index (χ1n) is 6.24. The molecule has 0 bridgehead atoms. The Labute approximate surface area is 132 Å². The fourth-order valence-corrected chi connectivity index (χ4v) is 2.03. The van der Waals surface area contributed by atoms with E-state index in [0.717, 1.165) is 5.56 Å². The molecule has 0 unspecified atom stereocenters. The van der Waals surface area contributed by atoms with Crippen molar-refractivity contribution >= 4 is 34.8 Å².